The van der Waals surface area contributed by atoms with Gasteiger partial charge in [-0.25, -0.2) is 0 Å². The van der Waals surface area contributed by atoms with Gasteiger partial charge in [0.25, 0.3) is 0 Å². The maximum absolute atomic E-state index is 6.34. The third kappa shape index (κ3) is 3.84. The van der Waals surface area contributed by atoms with Crippen LogP contribution in [-0.4, -0.2) is 6.04 Å². The van der Waals surface area contributed by atoms with Gasteiger partial charge in [0, 0.05) is 6.04 Å². The topological polar surface area (TPSA) is 26.0 Å². The highest BCUT2D eigenvalue weighted by Gasteiger charge is 2.41. The number of rotatable bonds is 5. The van der Waals surface area contributed by atoms with Crippen LogP contribution in [0.2, 0.25) is 0 Å². The molecule has 1 aliphatic rings. The average molecular weight is 245 g/mol. The first kappa shape index (κ1) is 13.6. The smallest absolute Gasteiger partial charge is 0.00732 e. The molecule has 1 nitrogen and oxygen atoms in total. The van der Waals surface area contributed by atoms with Crippen LogP contribution in [0, 0.1) is 11.3 Å². The zero-order chi connectivity index (χ0) is 13.2. The summed E-state index contributed by atoms with van der Waals surface area (Å²) in [6.07, 6.45) is 5.03. The molecule has 3 unspecified atom stereocenters. The molecular formula is C17H27N. The summed E-state index contributed by atoms with van der Waals surface area (Å²) >= 11 is 0. The highest BCUT2D eigenvalue weighted by molar-refractivity contribution is 5.26. The van der Waals surface area contributed by atoms with E-state index in [0.29, 0.717) is 11.5 Å². The third-order valence-corrected chi connectivity index (χ3v) is 4.08. The fourth-order valence-electron chi connectivity index (χ4n) is 2.85. The van der Waals surface area contributed by atoms with Crippen LogP contribution in [0.4, 0.5) is 0 Å². The summed E-state index contributed by atoms with van der Waals surface area (Å²) < 4.78 is 0. The number of hydrogen-bond acceptors (Lipinski definition) is 1. The lowest BCUT2D eigenvalue weighted by atomic mass is 9.88. The van der Waals surface area contributed by atoms with E-state index < -0.39 is 0 Å². The van der Waals surface area contributed by atoms with Crippen LogP contribution in [0.3, 0.4) is 0 Å². The van der Waals surface area contributed by atoms with Crippen LogP contribution < -0.4 is 5.73 Å². The second-order valence-electron chi connectivity index (χ2n) is 7.03. The van der Waals surface area contributed by atoms with Gasteiger partial charge in [-0.2, -0.15) is 0 Å². The largest absolute Gasteiger partial charge is 0.327 e. The summed E-state index contributed by atoms with van der Waals surface area (Å²) in [5, 5.41) is 0. The average Bonchev–Trinajstić information content (AvgIpc) is 3.08. The zero-order valence-electron chi connectivity index (χ0n) is 12.0. The summed E-state index contributed by atoms with van der Waals surface area (Å²) in [6, 6.07) is 11.2. The standard InChI is InChI=1S/C17H27N/c1-17(2,3)11-7-10-16(18)15-12-14(15)13-8-5-4-6-9-13/h4-6,8-9,14-16H,7,10-12,18H2,1-3H3. The van der Waals surface area contributed by atoms with E-state index in [0.717, 1.165) is 11.8 Å². The molecule has 1 heteroatoms. The highest BCUT2D eigenvalue weighted by Crippen LogP contribution is 2.49. The van der Waals surface area contributed by atoms with E-state index in [1.54, 1.807) is 0 Å². The number of nitrogens with two attached hydrogens (primary N) is 1. The van der Waals surface area contributed by atoms with Crippen molar-refractivity contribution in [2.24, 2.45) is 17.1 Å². The normalized spacial score (nSPS) is 24.9. The van der Waals surface area contributed by atoms with E-state index in [-0.39, 0.29) is 0 Å². The summed E-state index contributed by atoms with van der Waals surface area (Å²) in [5.74, 6) is 1.46. The minimum atomic E-state index is 0.401. The van der Waals surface area contributed by atoms with Gasteiger partial charge < -0.3 is 5.73 Å². The van der Waals surface area contributed by atoms with Crippen molar-refractivity contribution in [2.45, 2.75) is 58.4 Å². The summed E-state index contributed by atoms with van der Waals surface area (Å²) in [7, 11) is 0. The maximum atomic E-state index is 6.34. The molecule has 0 saturated heterocycles. The monoisotopic (exact) mass is 245 g/mol. The van der Waals surface area contributed by atoms with Crippen LogP contribution in [-0.2, 0) is 0 Å². The van der Waals surface area contributed by atoms with Crippen molar-refractivity contribution in [3.05, 3.63) is 35.9 Å². The van der Waals surface area contributed by atoms with Gasteiger partial charge in [-0.05, 0) is 42.1 Å². The molecule has 0 aliphatic heterocycles. The second-order valence-corrected chi connectivity index (χ2v) is 7.03. The Morgan fingerprint density at radius 3 is 2.50 bits per heavy atom. The van der Waals surface area contributed by atoms with Crippen LogP contribution in [0.15, 0.2) is 30.3 Å². The maximum Gasteiger partial charge on any atom is 0.00732 e. The molecule has 0 heterocycles. The first-order valence-electron chi connectivity index (χ1n) is 7.28. The van der Waals surface area contributed by atoms with Crippen molar-refractivity contribution in [1.29, 1.82) is 0 Å². The fourth-order valence-corrected chi connectivity index (χ4v) is 2.85. The lowest BCUT2D eigenvalue weighted by molar-refractivity contribution is 0.347. The molecule has 0 bridgehead atoms. The van der Waals surface area contributed by atoms with Crippen LogP contribution >= 0.6 is 0 Å². The van der Waals surface area contributed by atoms with Crippen molar-refractivity contribution in [3.8, 4) is 0 Å². The first-order chi connectivity index (χ1) is 8.47. The first-order valence-corrected chi connectivity index (χ1v) is 7.28. The van der Waals surface area contributed by atoms with E-state index in [4.69, 9.17) is 5.73 Å². The van der Waals surface area contributed by atoms with Gasteiger partial charge in [0.15, 0.2) is 0 Å². The Kier molecular flexibility index (Phi) is 4.11. The molecule has 1 fully saturated rings. The Labute approximate surface area is 112 Å². The van der Waals surface area contributed by atoms with Gasteiger partial charge in [0.2, 0.25) is 0 Å². The molecule has 0 aromatic heterocycles. The summed E-state index contributed by atoms with van der Waals surface area (Å²) in [5.41, 5.74) is 8.26. The SMILES string of the molecule is CC(C)(C)CCCC(N)C1CC1c1ccccc1. The lowest BCUT2D eigenvalue weighted by Crippen LogP contribution is -2.23. The lowest BCUT2D eigenvalue weighted by Gasteiger charge is -2.19. The molecule has 100 valence electrons. The van der Waals surface area contributed by atoms with Crippen molar-refractivity contribution in [1.82, 2.24) is 0 Å². The van der Waals surface area contributed by atoms with Gasteiger partial charge in [0.05, 0.1) is 0 Å². The Morgan fingerprint density at radius 1 is 1.22 bits per heavy atom. The molecule has 1 aliphatic carbocycles. The van der Waals surface area contributed by atoms with Crippen LogP contribution in [0.5, 0.6) is 0 Å². The van der Waals surface area contributed by atoms with Crippen LogP contribution in [0.25, 0.3) is 0 Å². The van der Waals surface area contributed by atoms with Crippen molar-refractivity contribution in [3.63, 3.8) is 0 Å². The van der Waals surface area contributed by atoms with E-state index in [1.165, 1.54) is 31.2 Å². The van der Waals surface area contributed by atoms with Gasteiger partial charge in [-0.15, -0.1) is 0 Å². The fraction of sp³-hybridized carbons (Fsp3) is 0.647. The highest BCUT2D eigenvalue weighted by atomic mass is 14.7. The van der Waals surface area contributed by atoms with Gasteiger partial charge >= 0.3 is 0 Å². The molecule has 1 saturated carbocycles. The van der Waals surface area contributed by atoms with Gasteiger partial charge in [-0.3, -0.25) is 0 Å². The Bertz CT molecular complexity index is 363. The molecular weight excluding hydrogens is 218 g/mol. The number of hydrogen-bond donors (Lipinski definition) is 1. The van der Waals surface area contributed by atoms with Gasteiger partial charge in [0.1, 0.15) is 0 Å². The molecule has 0 radical (unpaired) electrons. The van der Waals surface area contributed by atoms with Crippen molar-refractivity contribution < 1.29 is 0 Å². The Balaban J connectivity index is 1.74. The summed E-state index contributed by atoms with van der Waals surface area (Å²) in [4.78, 5) is 0. The predicted octanol–water partition coefficient (Wildman–Crippen LogP) is 4.33. The third-order valence-electron chi connectivity index (χ3n) is 4.08. The minimum Gasteiger partial charge on any atom is -0.327 e. The Hall–Kier alpha value is -0.820. The molecule has 2 N–H and O–H groups in total. The van der Waals surface area contributed by atoms with E-state index in [1.807, 2.05) is 0 Å². The number of benzene rings is 1. The molecule has 1 aromatic rings. The van der Waals surface area contributed by atoms with Gasteiger partial charge in [-0.1, -0.05) is 57.5 Å². The molecule has 0 amide bonds. The second kappa shape index (κ2) is 5.44. The molecule has 3 atom stereocenters. The van der Waals surface area contributed by atoms with Crippen LogP contribution in [0.1, 0.15) is 57.9 Å². The Morgan fingerprint density at radius 2 is 1.89 bits per heavy atom. The molecule has 1 aromatic carbocycles. The molecule has 2 rings (SSSR count). The quantitative estimate of drug-likeness (QED) is 0.820. The van der Waals surface area contributed by atoms with E-state index in [2.05, 4.69) is 51.1 Å². The minimum absolute atomic E-state index is 0.401. The summed E-state index contributed by atoms with van der Waals surface area (Å²) in [6.45, 7) is 6.92. The zero-order valence-corrected chi connectivity index (χ0v) is 12.0. The predicted molar refractivity (Wildman–Crippen MR) is 78.6 cm³/mol. The van der Waals surface area contributed by atoms with E-state index >= 15 is 0 Å². The molecule has 0 spiro atoms. The van der Waals surface area contributed by atoms with Crippen molar-refractivity contribution in [2.75, 3.05) is 0 Å². The van der Waals surface area contributed by atoms with Crippen molar-refractivity contribution >= 4 is 0 Å². The molecule has 18 heavy (non-hydrogen) atoms. The van der Waals surface area contributed by atoms with E-state index in [9.17, 15) is 0 Å².